The zero-order chi connectivity index (χ0) is 16.9. The molecule has 0 radical (unpaired) electrons. The summed E-state index contributed by atoms with van der Waals surface area (Å²) in [5, 5.41) is 0. The van der Waals surface area contributed by atoms with E-state index in [0.29, 0.717) is 25.3 Å². The maximum absolute atomic E-state index is 13.9. The summed E-state index contributed by atoms with van der Waals surface area (Å²) in [6.45, 7) is 3.20. The lowest BCUT2D eigenvalue weighted by Gasteiger charge is -2.32. The maximum atomic E-state index is 13.9. The lowest BCUT2D eigenvalue weighted by atomic mass is 10.1. The van der Waals surface area contributed by atoms with Crippen molar-refractivity contribution >= 4 is 11.5 Å². The van der Waals surface area contributed by atoms with Crippen LogP contribution in [0.15, 0.2) is 60.7 Å². The molecule has 0 spiro atoms. The quantitative estimate of drug-likeness (QED) is 0.803. The topological polar surface area (TPSA) is 29.5 Å². The van der Waals surface area contributed by atoms with E-state index in [9.17, 15) is 9.18 Å². The van der Waals surface area contributed by atoms with E-state index >= 15 is 0 Å². The highest BCUT2D eigenvalue weighted by Crippen LogP contribution is 2.25. The number of hydrogen-bond donors (Lipinski definition) is 0. The minimum Gasteiger partial charge on any atom is -0.370 e. The Morgan fingerprint density at radius 1 is 1.17 bits per heavy atom. The molecule has 24 heavy (non-hydrogen) atoms. The van der Waals surface area contributed by atoms with Crippen LogP contribution in [0.3, 0.4) is 0 Å². The van der Waals surface area contributed by atoms with Crippen molar-refractivity contribution in [3.05, 3.63) is 77.6 Å². The number of carbonyl (C=O) groups is 1. The molecular weight excluding hydrogens is 305 g/mol. The third-order valence-electron chi connectivity index (χ3n) is 4.20. The number of ether oxygens (including phenoxy) is 1. The number of hydrogen-bond acceptors (Lipinski definition) is 2. The van der Waals surface area contributed by atoms with Crippen molar-refractivity contribution in [3.63, 3.8) is 0 Å². The lowest BCUT2D eigenvalue weighted by molar-refractivity contribution is -0.133. The number of rotatable bonds is 3. The monoisotopic (exact) mass is 325 g/mol. The van der Waals surface area contributed by atoms with Crippen molar-refractivity contribution in [2.75, 3.05) is 19.7 Å². The highest BCUT2D eigenvalue weighted by molar-refractivity contribution is 5.94. The fourth-order valence-corrected chi connectivity index (χ4v) is 2.83. The molecule has 1 saturated heterocycles. The fraction of sp³-hybridized carbons (Fsp3) is 0.250. The largest absolute Gasteiger partial charge is 0.370 e. The van der Waals surface area contributed by atoms with Crippen LogP contribution in [0.4, 0.5) is 4.39 Å². The molecule has 1 heterocycles. The van der Waals surface area contributed by atoms with Crippen molar-refractivity contribution < 1.29 is 13.9 Å². The van der Waals surface area contributed by atoms with Crippen molar-refractivity contribution in [2.45, 2.75) is 13.0 Å². The van der Waals surface area contributed by atoms with Crippen molar-refractivity contribution in [1.29, 1.82) is 0 Å². The molecule has 3 rings (SSSR count). The summed E-state index contributed by atoms with van der Waals surface area (Å²) >= 11 is 0. The number of nitrogens with zero attached hydrogens (tertiary/aromatic N) is 1. The summed E-state index contributed by atoms with van der Waals surface area (Å²) in [7, 11) is 0. The summed E-state index contributed by atoms with van der Waals surface area (Å²) in [5.74, 6) is -0.367. The molecule has 3 nitrogen and oxygen atoms in total. The van der Waals surface area contributed by atoms with E-state index in [4.69, 9.17) is 4.74 Å². The van der Waals surface area contributed by atoms with Crippen LogP contribution in [0.5, 0.6) is 0 Å². The molecule has 0 saturated carbocycles. The van der Waals surface area contributed by atoms with Crippen LogP contribution in [0, 0.1) is 5.82 Å². The molecule has 124 valence electrons. The molecule has 2 aromatic carbocycles. The summed E-state index contributed by atoms with van der Waals surface area (Å²) < 4.78 is 19.6. The smallest absolute Gasteiger partial charge is 0.247 e. The van der Waals surface area contributed by atoms with E-state index in [1.54, 1.807) is 29.2 Å². The number of carbonyl (C=O) groups excluding carboxylic acids is 1. The Balaban J connectivity index is 1.73. The molecule has 0 bridgehead atoms. The van der Waals surface area contributed by atoms with Crippen LogP contribution in [-0.4, -0.2) is 30.5 Å². The first-order chi connectivity index (χ1) is 11.6. The highest BCUT2D eigenvalue weighted by atomic mass is 19.1. The molecule has 1 aliphatic rings. The van der Waals surface area contributed by atoms with E-state index < -0.39 is 6.10 Å². The first kappa shape index (κ1) is 16.4. The second-order valence-corrected chi connectivity index (χ2v) is 5.86. The number of halogens is 1. The Bertz CT molecular complexity index is 742. The Kier molecular flexibility index (Phi) is 5.06. The van der Waals surface area contributed by atoms with Gasteiger partial charge in [-0.1, -0.05) is 48.5 Å². The third kappa shape index (κ3) is 3.71. The van der Waals surface area contributed by atoms with Crippen LogP contribution >= 0.6 is 0 Å². The Labute approximate surface area is 141 Å². The SMILES string of the molecule is C/C(=C\C(=O)N1CCOC(c2ccccc2F)C1)c1ccccc1. The van der Waals surface area contributed by atoms with Gasteiger partial charge in [0.15, 0.2) is 0 Å². The number of benzene rings is 2. The van der Waals surface area contributed by atoms with E-state index in [2.05, 4.69) is 0 Å². The van der Waals surface area contributed by atoms with E-state index in [1.807, 2.05) is 37.3 Å². The van der Waals surface area contributed by atoms with Gasteiger partial charge in [0.1, 0.15) is 11.9 Å². The fourth-order valence-electron chi connectivity index (χ4n) is 2.83. The van der Waals surface area contributed by atoms with Gasteiger partial charge in [-0.25, -0.2) is 4.39 Å². The van der Waals surface area contributed by atoms with Crippen LogP contribution in [0.25, 0.3) is 5.57 Å². The number of allylic oxidation sites excluding steroid dienone is 1. The molecule has 0 N–H and O–H groups in total. The molecular formula is C20H20FNO2. The zero-order valence-corrected chi connectivity index (χ0v) is 13.6. The molecule has 0 aliphatic carbocycles. The zero-order valence-electron chi connectivity index (χ0n) is 13.6. The molecule has 2 aromatic rings. The molecule has 1 fully saturated rings. The van der Waals surface area contributed by atoms with Gasteiger partial charge in [0, 0.05) is 18.2 Å². The second-order valence-electron chi connectivity index (χ2n) is 5.86. The Morgan fingerprint density at radius 3 is 2.62 bits per heavy atom. The summed E-state index contributed by atoms with van der Waals surface area (Å²) in [6.07, 6.45) is 1.22. The average Bonchev–Trinajstić information content (AvgIpc) is 2.63. The highest BCUT2D eigenvalue weighted by Gasteiger charge is 2.26. The molecule has 1 atom stereocenters. The minimum absolute atomic E-state index is 0.0685. The van der Waals surface area contributed by atoms with Crippen molar-refractivity contribution in [2.24, 2.45) is 0 Å². The maximum Gasteiger partial charge on any atom is 0.247 e. The lowest BCUT2D eigenvalue weighted by Crippen LogP contribution is -2.41. The normalized spacial score (nSPS) is 18.5. The number of amides is 1. The van der Waals surface area contributed by atoms with E-state index in [-0.39, 0.29) is 11.7 Å². The van der Waals surface area contributed by atoms with Crippen LogP contribution in [0.2, 0.25) is 0 Å². The van der Waals surface area contributed by atoms with Gasteiger partial charge in [0.25, 0.3) is 0 Å². The summed E-state index contributed by atoms with van der Waals surface area (Å²) in [4.78, 5) is 14.3. The molecule has 0 aromatic heterocycles. The Hall–Kier alpha value is -2.46. The van der Waals surface area contributed by atoms with Gasteiger partial charge in [-0.15, -0.1) is 0 Å². The Morgan fingerprint density at radius 2 is 1.88 bits per heavy atom. The number of morpholine rings is 1. The predicted molar refractivity (Wildman–Crippen MR) is 91.8 cm³/mol. The minimum atomic E-state index is -0.422. The first-order valence-corrected chi connectivity index (χ1v) is 8.04. The van der Waals surface area contributed by atoms with Crippen LogP contribution < -0.4 is 0 Å². The van der Waals surface area contributed by atoms with Gasteiger partial charge >= 0.3 is 0 Å². The molecule has 1 unspecified atom stereocenters. The van der Waals surface area contributed by atoms with E-state index in [0.717, 1.165) is 11.1 Å². The summed E-state index contributed by atoms with van der Waals surface area (Å²) in [5.41, 5.74) is 2.43. The van der Waals surface area contributed by atoms with Crippen LogP contribution in [0.1, 0.15) is 24.2 Å². The van der Waals surface area contributed by atoms with Gasteiger partial charge in [-0.05, 0) is 24.1 Å². The van der Waals surface area contributed by atoms with Gasteiger partial charge < -0.3 is 9.64 Å². The third-order valence-corrected chi connectivity index (χ3v) is 4.20. The van der Waals surface area contributed by atoms with Gasteiger partial charge in [-0.2, -0.15) is 0 Å². The first-order valence-electron chi connectivity index (χ1n) is 8.04. The molecule has 4 heteroatoms. The standard InChI is InChI=1S/C20H20FNO2/c1-15(16-7-3-2-4-8-16)13-20(23)22-11-12-24-19(14-22)17-9-5-6-10-18(17)21/h2-10,13,19H,11-12,14H2,1H3/b15-13+. The van der Waals surface area contributed by atoms with Gasteiger partial charge in [0.05, 0.1) is 13.2 Å². The van der Waals surface area contributed by atoms with E-state index in [1.165, 1.54) is 6.07 Å². The summed E-state index contributed by atoms with van der Waals surface area (Å²) in [6, 6.07) is 16.3. The molecule has 1 amide bonds. The molecule has 1 aliphatic heterocycles. The van der Waals surface area contributed by atoms with Crippen LogP contribution in [-0.2, 0) is 9.53 Å². The average molecular weight is 325 g/mol. The second kappa shape index (κ2) is 7.41. The predicted octanol–water partition coefficient (Wildman–Crippen LogP) is 3.83. The van der Waals surface area contributed by atoms with Crippen molar-refractivity contribution in [3.8, 4) is 0 Å². The van der Waals surface area contributed by atoms with Gasteiger partial charge in [-0.3, -0.25) is 4.79 Å². The van der Waals surface area contributed by atoms with Crippen molar-refractivity contribution in [1.82, 2.24) is 4.90 Å². The van der Waals surface area contributed by atoms with Gasteiger partial charge in [0.2, 0.25) is 5.91 Å².